The smallest absolute Gasteiger partial charge is 0.339 e. The van der Waals surface area contributed by atoms with Gasteiger partial charge in [-0.2, -0.15) is 0 Å². The second-order valence-electron chi connectivity index (χ2n) is 4.73. The zero-order valence-corrected chi connectivity index (χ0v) is 13.0. The maximum atomic E-state index is 13.1. The van der Waals surface area contributed by atoms with E-state index in [-0.39, 0.29) is 18.8 Å². The molecule has 1 atom stereocenters. The number of carbonyl (C=O) groups is 1. The Kier molecular flexibility index (Phi) is 7.85. The minimum absolute atomic E-state index is 0.102. The van der Waals surface area contributed by atoms with Gasteiger partial charge in [-0.1, -0.05) is 0 Å². The van der Waals surface area contributed by atoms with Gasteiger partial charge in [0.2, 0.25) is 0 Å². The number of esters is 1. The number of carbonyl (C=O) groups excluding carboxylic acids is 1. The molecule has 112 valence electrons. The van der Waals surface area contributed by atoms with Crippen molar-refractivity contribution in [1.29, 1.82) is 0 Å². The van der Waals surface area contributed by atoms with Crippen LogP contribution in [0.5, 0.6) is 0 Å². The van der Waals surface area contributed by atoms with E-state index in [9.17, 15) is 13.6 Å². The Hall–Kier alpha value is -0.953. The summed E-state index contributed by atoms with van der Waals surface area (Å²) >= 11 is 0. The quantitative estimate of drug-likeness (QED) is 0.299. The molecule has 19 heavy (non-hydrogen) atoms. The van der Waals surface area contributed by atoms with Crippen LogP contribution in [-0.4, -0.2) is 40.0 Å². The van der Waals surface area contributed by atoms with Crippen molar-refractivity contribution in [2.75, 3.05) is 13.2 Å². The van der Waals surface area contributed by atoms with Crippen molar-refractivity contribution >= 4 is 14.3 Å². The lowest BCUT2D eigenvalue weighted by Gasteiger charge is -2.26. The molecule has 0 radical (unpaired) electrons. The summed E-state index contributed by atoms with van der Waals surface area (Å²) in [6.07, 6.45) is -3.42. The molecule has 0 heterocycles. The molecular weight excluding hydrogens is 274 g/mol. The van der Waals surface area contributed by atoms with Crippen molar-refractivity contribution in [1.82, 2.24) is 0 Å². The van der Waals surface area contributed by atoms with Crippen molar-refractivity contribution in [3.8, 4) is 0 Å². The summed E-state index contributed by atoms with van der Waals surface area (Å²) in [4.78, 5) is 11.7. The summed E-state index contributed by atoms with van der Waals surface area (Å²) in [6.45, 7) is 8.98. The molecular formula is C12H22F2O4Si. The van der Waals surface area contributed by atoms with Gasteiger partial charge in [-0.05, 0) is 33.5 Å². The van der Waals surface area contributed by atoms with Crippen LogP contribution in [0.25, 0.3) is 0 Å². The Morgan fingerprint density at radius 1 is 1.21 bits per heavy atom. The van der Waals surface area contributed by atoms with E-state index in [0.29, 0.717) is 0 Å². The maximum absolute atomic E-state index is 13.1. The van der Waals surface area contributed by atoms with Crippen LogP contribution in [-0.2, 0) is 18.7 Å². The molecule has 0 bridgehead atoms. The van der Waals surface area contributed by atoms with E-state index in [0.717, 1.165) is 6.26 Å². The van der Waals surface area contributed by atoms with Crippen molar-refractivity contribution in [3.05, 3.63) is 11.8 Å². The van der Waals surface area contributed by atoms with Gasteiger partial charge in [0, 0.05) is 0 Å². The third kappa shape index (κ3) is 7.27. The van der Waals surface area contributed by atoms with Gasteiger partial charge in [-0.3, -0.25) is 0 Å². The zero-order valence-electron chi connectivity index (χ0n) is 12.0. The Balaban J connectivity index is 5.20. The summed E-state index contributed by atoms with van der Waals surface area (Å²) < 4.78 is 41.3. The molecule has 0 rings (SSSR count). The van der Waals surface area contributed by atoms with Crippen molar-refractivity contribution < 1.29 is 27.5 Å². The predicted molar refractivity (Wildman–Crippen MR) is 70.6 cm³/mol. The monoisotopic (exact) mass is 296 g/mol. The highest BCUT2D eigenvalue weighted by Gasteiger charge is 2.35. The molecule has 1 unspecified atom stereocenters. The van der Waals surface area contributed by atoms with Gasteiger partial charge in [0.15, 0.2) is 8.32 Å². The van der Waals surface area contributed by atoms with Crippen LogP contribution in [0, 0.1) is 0 Å². The summed E-state index contributed by atoms with van der Waals surface area (Å²) in [7, 11) is -2.24. The van der Waals surface area contributed by atoms with E-state index in [4.69, 9.17) is 13.9 Å². The lowest BCUT2D eigenvalue weighted by atomic mass is 10.2. The van der Waals surface area contributed by atoms with Crippen LogP contribution in [0.4, 0.5) is 8.78 Å². The number of alkyl halides is 2. The average Bonchev–Trinajstić information content (AvgIpc) is 2.26. The first-order valence-electron chi connectivity index (χ1n) is 6.17. The highest BCUT2D eigenvalue weighted by atomic mass is 28.4. The van der Waals surface area contributed by atoms with E-state index in [1.165, 1.54) is 0 Å². The Bertz CT molecular complexity index is 313. The summed E-state index contributed by atoms with van der Waals surface area (Å²) in [5.74, 6) is -0.834. The lowest BCUT2D eigenvalue weighted by Crippen LogP contribution is -2.39. The molecule has 0 fully saturated rings. The second kappa shape index (κ2) is 8.26. The number of halogens is 2. The van der Waals surface area contributed by atoms with E-state index in [1.54, 1.807) is 33.5 Å². The molecule has 0 aliphatic rings. The minimum atomic E-state index is -2.82. The Morgan fingerprint density at radius 3 is 2.16 bits per heavy atom. The molecule has 0 aromatic heterocycles. The molecule has 0 aliphatic carbocycles. The SMILES string of the molecule is CCO/C=C(\C(=O)OCC)C(O[Si](C)(C)C)C(F)F. The molecule has 7 heteroatoms. The van der Waals surface area contributed by atoms with E-state index in [1.807, 2.05) is 0 Å². The molecule has 0 aromatic carbocycles. The normalized spacial score (nSPS) is 14.4. The first kappa shape index (κ1) is 18.0. The predicted octanol–water partition coefficient (Wildman–Crippen LogP) is 2.96. The third-order valence-corrected chi connectivity index (χ3v) is 2.87. The largest absolute Gasteiger partial charge is 0.501 e. The van der Waals surface area contributed by atoms with E-state index in [2.05, 4.69) is 0 Å². The van der Waals surface area contributed by atoms with Gasteiger partial charge in [-0.25, -0.2) is 13.6 Å². The average molecular weight is 296 g/mol. The van der Waals surface area contributed by atoms with Gasteiger partial charge in [0.05, 0.1) is 19.5 Å². The summed E-state index contributed by atoms with van der Waals surface area (Å²) in [5.41, 5.74) is -0.277. The number of rotatable bonds is 8. The topological polar surface area (TPSA) is 44.8 Å². The molecule has 0 N–H and O–H groups in total. The van der Waals surface area contributed by atoms with E-state index < -0.39 is 26.8 Å². The molecule has 0 amide bonds. The number of hydrogen-bond donors (Lipinski definition) is 0. The number of hydrogen-bond acceptors (Lipinski definition) is 4. The first-order valence-corrected chi connectivity index (χ1v) is 9.58. The van der Waals surface area contributed by atoms with Gasteiger partial charge in [-0.15, -0.1) is 0 Å². The fourth-order valence-electron chi connectivity index (χ4n) is 1.25. The number of ether oxygens (including phenoxy) is 2. The van der Waals surface area contributed by atoms with Gasteiger partial charge in [0.1, 0.15) is 11.7 Å². The lowest BCUT2D eigenvalue weighted by molar-refractivity contribution is -0.140. The van der Waals surface area contributed by atoms with Crippen LogP contribution < -0.4 is 0 Å². The molecule has 0 aliphatic heterocycles. The van der Waals surface area contributed by atoms with Crippen LogP contribution in [0.1, 0.15) is 13.8 Å². The fourth-order valence-corrected chi connectivity index (χ4v) is 2.24. The van der Waals surface area contributed by atoms with Crippen LogP contribution in [0.3, 0.4) is 0 Å². The molecule has 0 saturated heterocycles. The van der Waals surface area contributed by atoms with Gasteiger partial charge >= 0.3 is 5.97 Å². The molecule has 0 saturated carbocycles. The van der Waals surface area contributed by atoms with Crippen LogP contribution in [0.2, 0.25) is 19.6 Å². The van der Waals surface area contributed by atoms with E-state index >= 15 is 0 Å². The van der Waals surface area contributed by atoms with Crippen molar-refractivity contribution in [2.24, 2.45) is 0 Å². The van der Waals surface area contributed by atoms with Gasteiger partial charge in [0.25, 0.3) is 6.43 Å². The highest BCUT2D eigenvalue weighted by Crippen LogP contribution is 2.21. The van der Waals surface area contributed by atoms with Crippen LogP contribution in [0.15, 0.2) is 11.8 Å². The third-order valence-electron chi connectivity index (χ3n) is 1.90. The summed E-state index contributed by atoms with van der Waals surface area (Å²) in [5, 5.41) is 0. The second-order valence-corrected chi connectivity index (χ2v) is 9.19. The minimum Gasteiger partial charge on any atom is -0.501 e. The Labute approximate surface area is 113 Å². The summed E-state index contributed by atoms with van der Waals surface area (Å²) in [6, 6.07) is 0. The maximum Gasteiger partial charge on any atom is 0.339 e. The first-order chi connectivity index (χ1) is 8.72. The molecule has 0 spiro atoms. The molecule has 4 nitrogen and oxygen atoms in total. The van der Waals surface area contributed by atoms with Gasteiger partial charge < -0.3 is 13.9 Å². The highest BCUT2D eigenvalue weighted by molar-refractivity contribution is 6.69. The Morgan fingerprint density at radius 2 is 1.79 bits per heavy atom. The zero-order chi connectivity index (χ0) is 15.1. The standard InChI is InChI=1S/C12H22F2O4Si/c1-6-16-8-9(12(15)17-7-2)10(11(13)14)18-19(3,4)5/h8,10-11H,6-7H2,1-5H3/b9-8-. The van der Waals surface area contributed by atoms with Crippen molar-refractivity contribution in [2.45, 2.75) is 46.0 Å². The van der Waals surface area contributed by atoms with Crippen molar-refractivity contribution in [3.63, 3.8) is 0 Å². The fraction of sp³-hybridized carbons (Fsp3) is 0.750. The molecule has 0 aromatic rings. The van der Waals surface area contributed by atoms with Crippen LogP contribution >= 0.6 is 0 Å².